The normalized spacial score (nSPS) is 15.1. The molecule has 132 valence electrons. The summed E-state index contributed by atoms with van der Waals surface area (Å²) in [5.74, 6) is 0.444. The third kappa shape index (κ3) is 4.75. The zero-order valence-corrected chi connectivity index (χ0v) is 15.3. The van der Waals surface area contributed by atoms with Crippen LogP contribution < -0.4 is 4.90 Å². The molecule has 0 atom stereocenters. The van der Waals surface area contributed by atoms with Gasteiger partial charge in [-0.25, -0.2) is 4.39 Å². The van der Waals surface area contributed by atoms with Crippen molar-refractivity contribution in [1.82, 2.24) is 4.90 Å². The number of halogens is 1. The molecule has 3 nitrogen and oxygen atoms in total. The lowest BCUT2D eigenvalue weighted by molar-refractivity contribution is -0.128. The summed E-state index contributed by atoms with van der Waals surface area (Å²) in [6.07, 6.45) is 0.929. The standard InChI is InChI=1S/C20H23FN2OS/c1-16-5-2-3-6-19(16)25-15-20(24)23-12-4-11-22(13-14-23)18-9-7-17(21)8-10-18/h2-3,5-10H,4,11-15H2,1H3. The molecule has 0 aromatic heterocycles. The number of amides is 1. The van der Waals surface area contributed by atoms with Crippen molar-refractivity contribution >= 4 is 23.4 Å². The maximum absolute atomic E-state index is 13.1. The Morgan fingerprint density at radius 3 is 2.56 bits per heavy atom. The average Bonchev–Trinajstić information content (AvgIpc) is 2.88. The predicted molar refractivity (Wildman–Crippen MR) is 102 cm³/mol. The number of nitrogens with zero attached hydrogens (tertiary/aromatic N) is 2. The predicted octanol–water partition coefficient (Wildman–Crippen LogP) is 3.97. The number of aryl methyl sites for hydroxylation is 1. The number of thioether (sulfide) groups is 1. The van der Waals surface area contributed by atoms with E-state index in [4.69, 9.17) is 0 Å². The molecular formula is C20H23FN2OS. The van der Waals surface area contributed by atoms with E-state index in [-0.39, 0.29) is 11.7 Å². The third-order valence-corrected chi connectivity index (χ3v) is 5.65. The van der Waals surface area contributed by atoms with Crippen LogP contribution in [0.3, 0.4) is 0 Å². The van der Waals surface area contributed by atoms with Crippen LogP contribution in [0.1, 0.15) is 12.0 Å². The molecule has 0 spiro atoms. The van der Waals surface area contributed by atoms with Crippen LogP contribution in [0, 0.1) is 12.7 Å². The molecule has 0 radical (unpaired) electrons. The zero-order valence-electron chi connectivity index (χ0n) is 14.5. The molecule has 0 aliphatic carbocycles. The fourth-order valence-corrected chi connectivity index (χ4v) is 3.96. The van der Waals surface area contributed by atoms with Crippen LogP contribution in [-0.2, 0) is 4.79 Å². The quantitative estimate of drug-likeness (QED) is 0.773. The third-order valence-electron chi connectivity index (χ3n) is 4.49. The number of hydrogen-bond acceptors (Lipinski definition) is 3. The minimum absolute atomic E-state index is 0.189. The highest BCUT2D eigenvalue weighted by Gasteiger charge is 2.19. The van der Waals surface area contributed by atoms with Crippen molar-refractivity contribution in [1.29, 1.82) is 0 Å². The lowest BCUT2D eigenvalue weighted by atomic mass is 10.2. The van der Waals surface area contributed by atoms with Gasteiger partial charge in [-0.2, -0.15) is 0 Å². The van der Waals surface area contributed by atoms with Crippen LogP contribution >= 0.6 is 11.8 Å². The van der Waals surface area contributed by atoms with Gasteiger partial charge in [0, 0.05) is 36.8 Å². The first-order valence-corrected chi connectivity index (χ1v) is 9.59. The number of benzene rings is 2. The smallest absolute Gasteiger partial charge is 0.232 e. The maximum Gasteiger partial charge on any atom is 0.232 e. The first-order valence-electron chi connectivity index (χ1n) is 8.60. The lowest BCUT2D eigenvalue weighted by Crippen LogP contribution is -2.36. The maximum atomic E-state index is 13.1. The van der Waals surface area contributed by atoms with Crippen LogP contribution in [-0.4, -0.2) is 42.7 Å². The molecule has 1 aliphatic heterocycles. The highest BCUT2D eigenvalue weighted by Crippen LogP contribution is 2.23. The first-order chi connectivity index (χ1) is 12.1. The summed E-state index contributed by atoms with van der Waals surface area (Å²) < 4.78 is 13.1. The van der Waals surface area contributed by atoms with Gasteiger partial charge in [0.2, 0.25) is 5.91 Å². The van der Waals surface area contributed by atoms with Crippen molar-refractivity contribution in [2.75, 3.05) is 36.8 Å². The summed E-state index contributed by atoms with van der Waals surface area (Å²) in [7, 11) is 0. The van der Waals surface area contributed by atoms with Crippen molar-refractivity contribution in [3.05, 3.63) is 59.9 Å². The van der Waals surface area contributed by atoms with Crippen LogP contribution in [0.5, 0.6) is 0 Å². The minimum atomic E-state index is -0.219. The second-order valence-electron chi connectivity index (χ2n) is 6.25. The van der Waals surface area contributed by atoms with Crippen molar-refractivity contribution < 1.29 is 9.18 Å². The summed E-state index contributed by atoms with van der Waals surface area (Å²) in [5.41, 5.74) is 2.23. The topological polar surface area (TPSA) is 23.6 Å². The number of anilines is 1. The Morgan fingerprint density at radius 2 is 1.80 bits per heavy atom. The van der Waals surface area contributed by atoms with Gasteiger partial charge in [0.1, 0.15) is 5.82 Å². The summed E-state index contributed by atoms with van der Waals surface area (Å²) in [4.78, 5) is 17.9. The summed E-state index contributed by atoms with van der Waals surface area (Å²) >= 11 is 1.61. The molecule has 2 aromatic rings. The zero-order chi connectivity index (χ0) is 17.6. The fraction of sp³-hybridized carbons (Fsp3) is 0.350. The molecule has 1 aliphatic rings. The average molecular weight is 358 g/mol. The van der Waals surface area contributed by atoms with E-state index in [2.05, 4.69) is 24.0 Å². The lowest BCUT2D eigenvalue weighted by Gasteiger charge is -2.23. The summed E-state index contributed by atoms with van der Waals surface area (Å²) in [5, 5.41) is 0. The molecule has 0 unspecified atom stereocenters. The highest BCUT2D eigenvalue weighted by molar-refractivity contribution is 8.00. The van der Waals surface area contributed by atoms with Crippen LogP contribution in [0.15, 0.2) is 53.4 Å². The van der Waals surface area contributed by atoms with Gasteiger partial charge in [0.25, 0.3) is 0 Å². The molecule has 1 heterocycles. The van der Waals surface area contributed by atoms with Crippen molar-refractivity contribution in [2.45, 2.75) is 18.2 Å². The Hall–Kier alpha value is -2.01. The van der Waals surface area contributed by atoms with Gasteiger partial charge in [0.05, 0.1) is 5.75 Å². The Labute approximate surface area is 152 Å². The van der Waals surface area contributed by atoms with Crippen molar-refractivity contribution in [3.63, 3.8) is 0 Å². The van der Waals surface area contributed by atoms with E-state index >= 15 is 0 Å². The van der Waals surface area contributed by atoms with Gasteiger partial charge < -0.3 is 9.80 Å². The second-order valence-corrected chi connectivity index (χ2v) is 7.27. The van der Waals surface area contributed by atoms with E-state index in [0.717, 1.165) is 31.7 Å². The van der Waals surface area contributed by atoms with Crippen LogP contribution in [0.4, 0.5) is 10.1 Å². The Balaban J connectivity index is 1.54. The van der Waals surface area contributed by atoms with Gasteiger partial charge in [-0.15, -0.1) is 11.8 Å². The van der Waals surface area contributed by atoms with Gasteiger partial charge in [-0.3, -0.25) is 4.79 Å². The minimum Gasteiger partial charge on any atom is -0.370 e. The molecule has 1 fully saturated rings. The molecule has 1 saturated heterocycles. The Morgan fingerprint density at radius 1 is 1.04 bits per heavy atom. The van der Waals surface area contributed by atoms with Gasteiger partial charge in [-0.05, 0) is 49.2 Å². The molecule has 0 bridgehead atoms. The molecule has 0 saturated carbocycles. The highest BCUT2D eigenvalue weighted by atomic mass is 32.2. The molecule has 5 heteroatoms. The first kappa shape index (κ1) is 17.8. The molecule has 0 N–H and O–H groups in total. The molecule has 1 amide bonds. The van der Waals surface area contributed by atoms with Gasteiger partial charge >= 0.3 is 0 Å². The Bertz CT molecular complexity index is 720. The van der Waals surface area contributed by atoms with Gasteiger partial charge in [0.15, 0.2) is 0 Å². The fourth-order valence-electron chi connectivity index (χ4n) is 3.03. The van der Waals surface area contributed by atoms with Gasteiger partial charge in [-0.1, -0.05) is 18.2 Å². The summed E-state index contributed by atoms with van der Waals surface area (Å²) in [6, 6.07) is 14.7. The Kier molecular flexibility index (Phi) is 5.97. The van der Waals surface area contributed by atoms with E-state index in [1.54, 1.807) is 23.9 Å². The molecule has 3 rings (SSSR count). The van der Waals surface area contributed by atoms with E-state index in [1.165, 1.54) is 22.6 Å². The monoisotopic (exact) mass is 358 g/mol. The number of carbonyl (C=O) groups excluding carboxylic acids is 1. The number of rotatable bonds is 4. The van der Waals surface area contributed by atoms with E-state index in [0.29, 0.717) is 12.3 Å². The molecule has 25 heavy (non-hydrogen) atoms. The SMILES string of the molecule is Cc1ccccc1SCC(=O)N1CCCN(c2ccc(F)cc2)CC1. The van der Waals surface area contributed by atoms with E-state index < -0.39 is 0 Å². The van der Waals surface area contributed by atoms with E-state index in [9.17, 15) is 9.18 Å². The van der Waals surface area contributed by atoms with Crippen LogP contribution in [0.2, 0.25) is 0 Å². The van der Waals surface area contributed by atoms with Crippen molar-refractivity contribution in [3.8, 4) is 0 Å². The molecular weight excluding hydrogens is 335 g/mol. The molecule has 2 aromatic carbocycles. The number of carbonyl (C=O) groups is 1. The second kappa shape index (κ2) is 8.39. The largest absolute Gasteiger partial charge is 0.370 e. The summed E-state index contributed by atoms with van der Waals surface area (Å²) in [6.45, 7) is 5.24. The number of hydrogen-bond donors (Lipinski definition) is 0. The van der Waals surface area contributed by atoms with E-state index in [1.807, 2.05) is 17.0 Å². The van der Waals surface area contributed by atoms with Crippen molar-refractivity contribution in [2.24, 2.45) is 0 Å². The van der Waals surface area contributed by atoms with Crippen LogP contribution in [0.25, 0.3) is 0 Å².